The molecule has 1 aromatic carbocycles. The second-order valence-electron chi connectivity index (χ2n) is 7.50. The van der Waals surface area contributed by atoms with Crippen LogP contribution in [0.5, 0.6) is 0 Å². The number of nitrogens with zero attached hydrogens (tertiary/aromatic N) is 4. The number of fused-ring (bicyclic) bond motifs is 1. The minimum atomic E-state index is -3.44. The Morgan fingerprint density at radius 1 is 1.07 bits per heavy atom. The van der Waals surface area contributed by atoms with Crippen molar-refractivity contribution in [2.75, 3.05) is 13.1 Å². The molecule has 8 heteroatoms. The first-order valence-corrected chi connectivity index (χ1v) is 11.3. The van der Waals surface area contributed by atoms with Crippen molar-refractivity contribution in [1.82, 2.24) is 19.1 Å². The lowest BCUT2D eigenvalue weighted by Crippen LogP contribution is -2.39. The van der Waals surface area contributed by atoms with Gasteiger partial charge in [-0.1, -0.05) is 18.6 Å². The molecule has 27 heavy (non-hydrogen) atoms. The Balaban J connectivity index is 1.42. The van der Waals surface area contributed by atoms with Crippen LogP contribution in [0, 0.1) is 5.82 Å². The molecular weight excluding hydrogens is 367 g/mol. The fourth-order valence-corrected chi connectivity index (χ4v) is 5.68. The number of hydrogen-bond acceptors (Lipinski definition) is 4. The Hall–Kier alpha value is -1.80. The zero-order valence-corrected chi connectivity index (χ0v) is 16.2. The molecule has 3 heterocycles. The molecule has 0 bridgehead atoms. The Labute approximate surface area is 159 Å². The SMILES string of the molecule is O=S(=O)(Cc1cccc(F)c1)N1CCC(c2nnc3n2CCCCC3)CC1. The topological polar surface area (TPSA) is 68.1 Å². The van der Waals surface area contributed by atoms with Crippen LogP contribution in [-0.4, -0.2) is 40.6 Å². The smallest absolute Gasteiger partial charge is 0.218 e. The van der Waals surface area contributed by atoms with Crippen LogP contribution in [0.3, 0.4) is 0 Å². The predicted octanol–water partition coefficient (Wildman–Crippen LogP) is 2.85. The van der Waals surface area contributed by atoms with Gasteiger partial charge in [-0.25, -0.2) is 17.1 Å². The lowest BCUT2D eigenvalue weighted by atomic mass is 9.97. The average molecular weight is 393 g/mol. The van der Waals surface area contributed by atoms with Gasteiger partial charge in [0, 0.05) is 32.0 Å². The lowest BCUT2D eigenvalue weighted by Gasteiger charge is -2.31. The van der Waals surface area contributed by atoms with E-state index in [-0.39, 0.29) is 11.7 Å². The fraction of sp³-hybridized carbons (Fsp3) is 0.579. The van der Waals surface area contributed by atoms with E-state index >= 15 is 0 Å². The number of benzene rings is 1. The zero-order chi connectivity index (χ0) is 18.9. The summed E-state index contributed by atoms with van der Waals surface area (Å²) in [4.78, 5) is 0. The van der Waals surface area contributed by atoms with Crippen LogP contribution < -0.4 is 0 Å². The fourth-order valence-electron chi connectivity index (χ4n) is 4.13. The van der Waals surface area contributed by atoms with Gasteiger partial charge in [0.05, 0.1) is 5.75 Å². The maximum absolute atomic E-state index is 13.3. The first-order chi connectivity index (χ1) is 13.0. The van der Waals surface area contributed by atoms with Crippen LogP contribution in [0.2, 0.25) is 0 Å². The normalized spacial score (nSPS) is 19.6. The van der Waals surface area contributed by atoms with E-state index in [4.69, 9.17) is 0 Å². The van der Waals surface area contributed by atoms with Gasteiger partial charge in [0.15, 0.2) is 0 Å². The Bertz CT molecular complexity index is 904. The molecule has 0 unspecified atom stereocenters. The predicted molar refractivity (Wildman–Crippen MR) is 100 cm³/mol. The summed E-state index contributed by atoms with van der Waals surface area (Å²) in [5, 5.41) is 8.80. The Morgan fingerprint density at radius 3 is 2.67 bits per heavy atom. The van der Waals surface area contributed by atoms with Crippen molar-refractivity contribution in [3.63, 3.8) is 0 Å². The summed E-state index contributed by atoms with van der Waals surface area (Å²) in [5.74, 6) is 1.78. The summed E-state index contributed by atoms with van der Waals surface area (Å²) in [6.45, 7) is 1.92. The molecule has 0 radical (unpaired) electrons. The molecule has 2 aliphatic heterocycles. The monoisotopic (exact) mass is 392 g/mol. The van der Waals surface area contributed by atoms with E-state index in [1.54, 1.807) is 12.1 Å². The van der Waals surface area contributed by atoms with Gasteiger partial charge in [-0.15, -0.1) is 10.2 Å². The second kappa shape index (κ2) is 7.67. The van der Waals surface area contributed by atoms with Crippen LogP contribution >= 0.6 is 0 Å². The third-order valence-electron chi connectivity index (χ3n) is 5.59. The summed E-state index contributed by atoms with van der Waals surface area (Å²) in [6, 6.07) is 5.81. The summed E-state index contributed by atoms with van der Waals surface area (Å²) >= 11 is 0. The van der Waals surface area contributed by atoms with E-state index in [9.17, 15) is 12.8 Å². The summed E-state index contributed by atoms with van der Waals surface area (Å²) < 4.78 is 42.5. The van der Waals surface area contributed by atoms with Gasteiger partial charge in [-0.05, 0) is 43.4 Å². The molecule has 1 aromatic heterocycles. The van der Waals surface area contributed by atoms with Gasteiger partial charge >= 0.3 is 0 Å². The number of aromatic nitrogens is 3. The second-order valence-corrected chi connectivity index (χ2v) is 9.47. The highest BCUT2D eigenvalue weighted by Gasteiger charge is 2.31. The van der Waals surface area contributed by atoms with Gasteiger partial charge in [0.25, 0.3) is 0 Å². The van der Waals surface area contributed by atoms with E-state index in [0.29, 0.717) is 18.7 Å². The summed E-state index contributed by atoms with van der Waals surface area (Å²) in [5.41, 5.74) is 0.486. The maximum Gasteiger partial charge on any atom is 0.218 e. The van der Waals surface area contributed by atoms with E-state index < -0.39 is 15.8 Å². The van der Waals surface area contributed by atoms with Crippen molar-refractivity contribution in [3.8, 4) is 0 Å². The molecule has 2 aliphatic rings. The standard InChI is InChI=1S/C19H25FN4O2S/c20-17-6-4-5-15(13-17)14-27(25,26)23-11-8-16(9-12-23)19-22-21-18-7-2-1-3-10-24(18)19/h4-6,13,16H,1-3,7-12,14H2. The quantitative estimate of drug-likeness (QED) is 0.802. The molecule has 1 saturated heterocycles. The highest BCUT2D eigenvalue weighted by Crippen LogP contribution is 2.30. The number of hydrogen-bond donors (Lipinski definition) is 0. The molecule has 1 fully saturated rings. The van der Waals surface area contributed by atoms with Crippen LogP contribution in [-0.2, 0) is 28.7 Å². The van der Waals surface area contributed by atoms with Crippen LogP contribution in [0.1, 0.15) is 55.2 Å². The minimum absolute atomic E-state index is 0.157. The first-order valence-electron chi connectivity index (χ1n) is 9.67. The zero-order valence-electron chi connectivity index (χ0n) is 15.3. The molecule has 2 aromatic rings. The molecule has 0 aliphatic carbocycles. The van der Waals surface area contributed by atoms with Crippen molar-refractivity contribution in [2.24, 2.45) is 0 Å². The van der Waals surface area contributed by atoms with Gasteiger partial charge < -0.3 is 4.57 Å². The molecule has 0 saturated carbocycles. The molecular formula is C19H25FN4O2S. The number of rotatable bonds is 4. The minimum Gasteiger partial charge on any atom is -0.315 e. The van der Waals surface area contributed by atoms with E-state index in [2.05, 4.69) is 14.8 Å². The number of halogens is 1. The molecule has 0 spiro atoms. The van der Waals surface area contributed by atoms with Crippen molar-refractivity contribution in [1.29, 1.82) is 0 Å². The summed E-state index contributed by atoms with van der Waals surface area (Å²) in [7, 11) is -3.44. The third kappa shape index (κ3) is 4.06. The van der Waals surface area contributed by atoms with Crippen LogP contribution in [0.4, 0.5) is 4.39 Å². The first kappa shape index (κ1) is 18.6. The third-order valence-corrected chi connectivity index (χ3v) is 7.44. The maximum atomic E-state index is 13.3. The largest absolute Gasteiger partial charge is 0.315 e. The molecule has 0 N–H and O–H groups in total. The van der Waals surface area contributed by atoms with Crippen LogP contribution in [0.25, 0.3) is 0 Å². The molecule has 4 rings (SSSR count). The highest BCUT2D eigenvalue weighted by atomic mass is 32.2. The molecule has 146 valence electrons. The van der Waals surface area contributed by atoms with Crippen molar-refractivity contribution in [3.05, 3.63) is 47.3 Å². The van der Waals surface area contributed by atoms with Gasteiger partial charge in [-0.2, -0.15) is 0 Å². The molecule has 0 atom stereocenters. The van der Waals surface area contributed by atoms with E-state index in [1.165, 1.54) is 22.9 Å². The molecule has 6 nitrogen and oxygen atoms in total. The Morgan fingerprint density at radius 2 is 1.89 bits per heavy atom. The van der Waals surface area contributed by atoms with Gasteiger partial charge in [0.1, 0.15) is 17.5 Å². The Kier molecular flexibility index (Phi) is 5.27. The van der Waals surface area contributed by atoms with Crippen molar-refractivity contribution < 1.29 is 12.8 Å². The van der Waals surface area contributed by atoms with Crippen LogP contribution in [0.15, 0.2) is 24.3 Å². The van der Waals surface area contributed by atoms with E-state index in [0.717, 1.165) is 50.3 Å². The number of sulfonamides is 1. The van der Waals surface area contributed by atoms with Gasteiger partial charge in [-0.3, -0.25) is 0 Å². The van der Waals surface area contributed by atoms with Gasteiger partial charge in [0.2, 0.25) is 10.0 Å². The highest BCUT2D eigenvalue weighted by molar-refractivity contribution is 7.88. The van der Waals surface area contributed by atoms with E-state index in [1.807, 2.05) is 0 Å². The summed E-state index contributed by atoms with van der Waals surface area (Å²) in [6.07, 6.45) is 6.02. The average Bonchev–Trinajstić information content (AvgIpc) is 2.90. The molecule has 0 amide bonds. The lowest BCUT2D eigenvalue weighted by molar-refractivity contribution is 0.308. The van der Waals surface area contributed by atoms with Crippen molar-refractivity contribution >= 4 is 10.0 Å². The number of piperidine rings is 1. The number of aryl methyl sites for hydroxylation is 1. The van der Waals surface area contributed by atoms with Crippen molar-refractivity contribution in [2.45, 2.75) is 56.7 Å².